The van der Waals surface area contributed by atoms with E-state index in [4.69, 9.17) is 5.11 Å². The van der Waals surface area contributed by atoms with Crippen LogP contribution in [0.25, 0.3) is 6.08 Å². The summed E-state index contributed by atoms with van der Waals surface area (Å²) >= 11 is 1.24. The van der Waals surface area contributed by atoms with Gasteiger partial charge < -0.3 is 10.4 Å². The summed E-state index contributed by atoms with van der Waals surface area (Å²) in [6, 6.07) is 8.22. The van der Waals surface area contributed by atoms with E-state index in [1.807, 2.05) is 0 Å². The smallest absolute Gasteiger partial charge is 0.331 e. The number of benzene rings is 1. The first-order valence-electron chi connectivity index (χ1n) is 6.07. The van der Waals surface area contributed by atoms with E-state index >= 15 is 0 Å². The number of carbonyl (C=O) groups excluding carboxylic acids is 1. The van der Waals surface area contributed by atoms with Crippen LogP contribution in [0.3, 0.4) is 0 Å². The summed E-state index contributed by atoms with van der Waals surface area (Å²) in [5, 5.41) is 13.2. The van der Waals surface area contributed by atoms with Gasteiger partial charge in [0.15, 0.2) is 6.04 Å². The Hall–Kier alpha value is -2.47. The van der Waals surface area contributed by atoms with Crippen molar-refractivity contribution >= 4 is 29.3 Å². The molecule has 108 valence electrons. The van der Waals surface area contributed by atoms with Crippen LogP contribution in [-0.2, 0) is 9.59 Å². The first-order valence-corrected chi connectivity index (χ1v) is 6.95. The van der Waals surface area contributed by atoms with Crippen molar-refractivity contribution in [3.8, 4) is 0 Å². The standard InChI is InChI=1S/C15H12FNO3S/c16-11-5-2-1-4-10(11)7-8-13(18)17-14(15(19)20)12-6-3-9-21-12/h1-9,14H,(H,17,18)(H,19,20)/b8-7+. The Bertz CT molecular complexity index is 667. The summed E-state index contributed by atoms with van der Waals surface area (Å²) in [7, 11) is 0. The average Bonchev–Trinajstić information content (AvgIpc) is 2.97. The van der Waals surface area contributed by atoms with Crippen molar-refractivity contribution in [1.29, 1.82) is 0 Å². The van der Waals surface area contributed by atoms with Crippen LogP contribution in [0.1, 0.15) is 16.5 Å². The van der Waals surface area contributed by atoms with Crippen molar-refractivity contribution in [3.63, 3.8) is 0 Å². The highest BCUT2D eigenvalue weighted by molar-refractivity contribution is 7.10. The third-order valence-corrected chi connectivity index (χ3v) is 3.62. The fourth-order valence-electron chi connectivity index (χ4n) is 1.68. The molecule has 1 atom stereocenters. The minimum absolute atomic E-state index is 0.260. The Labute approximate surface area is 124 Å². The summed E-state index contributed by atoms with van der Waals surface area (Å²) in [4.78, 5) is 23.5. The summed E-state index contributed by atoms with van der Waals surface area (Å²) in [6.45, 7) is 0. The number of nitrogens with one attached hydrogen (secondary N) is 1. The number of hydrogen-bond donors (Lipinski definition) is 2. The topological polar surface area (TPSA) is 66.4 Å². The van der Waals surface area contributed by atoms with E-state index < -0.39 is 23.7 Å². The van der Waals surface area contributed by atoms with Crippen LogP contribution in [0.2, 0.25) is 0 Å². The quantitative estimate of drug-likeness (QED) is 0.835. The molecule has 21 heavy (non-hydrogen) atoms. The largest absolute Gasteiger partial charge is 0.479 e. The molecule has 0 bridgehead atoms. The van der Waals surface area contributed by atoms with E-state index in [2.05, 4.69) is 5.32 Å². The highest BCUT2D eigenvalue weighted by atomic mass is 32.1. The van der Waals surface area contributed by atoms with Crippen LogP contribution >= 0.6 is 11.3 Å². The molecule has 1 amide bonds. The molecule has 4 nitrogen and oxygen atoms in total. The number of rotatable bonds is 5. The molecule has 1 aromatic heterocycles. The molecule has 0 aliphatic carbocycles. The number of halogens is 1. The predicted octanol–water partition coefficient (Wildman–Crippen LogP) is 2.84. The number of carboxylic acids is 1. The lowest BCUT2D eigenvalue weighted by Crippen LogP contribution is -2.31. The Morgan fingerprint density at radius 2 is 2.00 bits per heavy atom. The molecule has 1 heterocycles. The molecule has 1 aromatic carbocycles. The molecule has 2 aromatic rings. The molecule has 1 unspecified atom stereocenters. The van der Waals surface area contributed by atoms with Crippen LogP contribution in [-0.4, -0.2) is 17.0 Å². The Morgan fingerprint density at radius 1 is 1.24 bits per heavy atom. The maximum absolute atomic E-state index is 13.4. The van der Waals surface area contributed by atoms with Gasteiger partial charge in [-0.05, 0) is 23.6 Å². The lowest BCUT2D eigenvalue weighted by atomic mass is 10.2. The summed E-state index contributed by atoms with van der Waals surface area (Å²) < 4.78 is 13.4. The number of amides is 1. The van der Waals surface area contributed by atoms with Gasteiger partial charge in [-0.3, -0.25) is 4.79 Å². The molecule has 2 N–H and O–H groups in total. The third kappa shape index (κ3) is 4.00. The molecular formula is C15H12FNO3S. The number of hydrogen-bond acceptors (Lipinski definition) is 3. The highest BCUT2D eigenvalue weighted by Gasteiger charge is 2.21. The molecule has 6 heteroatoms. The lowest BCUT2D eigenvalue weighted by Gasteiger charge is -2.11. The fourth-order valence-corrected chi connectivity index (χ4v) is 2.44. The van der Waals surface area contributed by atoms with E-state index in [1.165, 1.54) is 29.5 Å². The van der Waals surface area contributed by atoms with E-state index in [0.29, 0.717) is 4.88 Å². The summed E-state index contributed by atoms with van der Waals surface area (Å²) in [5.41, 5.74) is 0.260. The van der Waals surface area contributed by atoms with Gasteiger partial charge in [0.05, 0.1) is 0 Å². The van der Waals surface area contributed by atoms with Gasteiger partial charge in [-0.1, -0.05) is 24.3 Å². The van der Waals surface area contributed by atoms with Crippen molar-refractivity contribution in [2.75, 3.05) is 0 Å². The monoisotopic (exact) mass is 305 g/mol. The first-order chi connectivity index (χ1) is 10.1. The Kier molecular flexibility index (Phi) is 4.84. The van der Waals surface area contributed by atoms with Gasteiger partial charge in [-0.15, -0.1) is 11.3 Å². The van der Waals surface area contributed by atoms with Crippen molar-refractivity contribution in [2.45, 2.75) is 6.04 Å². The number of aliphatic carboxylic acids is 1. The zero-order chi connectivity index (χ0) is 15.2. The summed E-state index contributed by atoms with van der Waals surface area (Å²) in [6.07, 6.45) is 2.42. The second kappa shape index (κ2) is 6.81. The maximum Gasteiger partial charge on any atom is 0.331 e. The predicted molar refractivity (Wildman–Crippen MR) is 78.3 cm³/mol. The van der Waals surface area contributed by atoms with E-state index in [-0.39, 0.29) is 5.56 Å². The van der Waals surface area contributed by atoms with Gasteiger partial charge >= 0.3 is 5.97 Å². The zero-order valence-electron chi connectivity index (χ0n) is 10.8. The third-order valence-electron chi connectivity index (χ3n) is 2.68. The van der Waals surface area contributed by atoms with Gasteiger partial charge in [0, 0.05) is 16.5 Å². The van der Waals surface area contributed by atoms with E-state index in [0.717, 1.165) is 6.08 Å². The molecule has 0 fully saturated rings. The molecule has 0 saturated carbocycles. The average molecular weight is 305 g/mol. The molecule has 0 radical (unpaired) electrons. The minimum Gasteiger partial charge on any atom is -0.479 e. The number of carbonyl (C=O) groups is 2. The summed E-state index contributed by atoms with van der Waals surface area (Å²) in [5.74, 6) is -2.20. The minimum atomic E-state index is -1.15. The Balaban J connectivity index is 2.07. The van der Waals surface area contributed by atoms with E-state index in [9.17, 15) is 14.0 Å². The van der Waals surface area contributed by atoms with Crippen LogP contribution in [0.5, 0.6) is 0 Å². The molecular weight excluding hydrogens is 293 g/mol. The lowest BCUT2D eigenvalue weighted by molar-refractivity contribution is -0.141. The maximum atomic E-state index is 13.4. The van der Waals surface area contributed by atoms with Gasteiger partial charge in [-0.2, -0.15) is 0 Å². The van der Waals surface area contributed by atoms with Gasteiger partial charge in [0.2, 0.25) is 5.91 Å². The van der Waals surface area contributed by atoms with Crippen LogP contribution in [0.15, 0.2) is 47.9 Å². The second-order valence-corrected chi connectivity index (χ2v) is 5.13. The zero-order valence-corrected chi connectivity index (χ0v) is 11.6. The van der Waals surface area contributed by atoms with Crippen LogP contribution in [0.4, 0.5) is 4.39 Å². The second-order valence-electron chi connectivity index (χ2n) is 4.15. The van der Waals surface area contributed by atoms with Crippen molar-refractivity contribution in [1.82, 2.24) is 5.32 Å². The van der Waals surface area contributed by atoms with Gasteiger partial charge in [-0.25, -0.2) is 9.18 Å². The van der Waals surface area contributed by atoms with Crippen LogP contribution < -0.4 is 5.32 Å². The van der Waals surface area contributed by atoms with Crippen molar-refractivity contribution < 1.29 is 19.1 Å². The van der Waals surface area contributed by atoms with E-state index in [1.54, 1.807) is 29.6 Å². The number of carboxylic acid groups (broad SMARTS) is 1. The Morgan fingerprint density at radius 3 is 2.62 bits per heavy atom. The van der Waals surface area contributed by atoms with Crippen molar-refractivity contribution in [2.24, 2.45) is 0 Å². The number of thiophene rings is 1. The van der Waals surface area contributed by atoms with Crippen LogP contribution in [0, 0.1) is 5.82 Å². The molecule has 0 aliphatic heterocycles. The first kappa shape index (κ1) is 14.9. The molecule has 0 spiro atoms. The highest BCUT2D eigenvalue weighted by Crippen LogP contribution is 2.19. The molecule has 0 saturated heterocycles. The molecule has 0 aliphatic rings. The fraction of sp³-hybridized carbons (Fsp3) is 0.0667. The normalized spacial score (nSPS) is 12.2. The van der Waals surface area contributed by atoms with Gasteiger partial charge in [0.1, 0.15) is 5.82 Å². The van der Waals surface area contributed by atoms with Crippen molar-refractivity contribution in [3.05, 3.63) is 64.1 Å². The van der Waals surface area contributed by atoms with Gasteiger partial charge in [0.25, 0.3) is 0 Å². The SMILES string of the molecule is O=C(/C=C/c1ccccc1F)NC(C(=O)O)c1cccs1. The molecule has 2 rings (SSSR count).